The van der Waals surface area contributed by atoms with Gasteiger partial charge in [0.25, 0.3) is 0 Å². The van der Waals surface area contributed by atoms with E-state index in [1.165, 1.54) is 0 Å². The van der Waals surface area contributed by atoms with Gasteiger partial charge in [-0.05, 0) is 55.5 Å². The Kier molecular flexibility index (Phi) is 5.22. The van der Waals surface area contributed by atoms with Crippen molar-refractivity contribution in [3.8, 4) is 0 Å². The molecule has 3 nitrogen and oxygen atoms in total. The molecule has 1 saturated carbocycles. The van der Waals surface area contributed by atoms with E-state index in [1.807, 2.05) is 62.4 Å². The molecule has 2 atom stereocenters. The average molecular weight is 344 g/mol. The maximum atomic E-state index is 12.5. The van der Waals surface area contributed by atoms with E-state index in [1.54, 1.807) is 0 Å². The Morgan fingerprint density at radius 3 is 2.79 bits per heavy atom. The summed E-state index contributed by atoms with van der Waals surface area (Å²) in [6, 6.07) is 15.6. The molecule has 2 aromatic rings. The van der Waals surface area contributed by atoms with E-state index in [-0.39, 0.29) is 23.8 Å². The molecule has 1 aliphatic rings. The molecule has 4 heteroatoms. The zero-order chi connectivity index (χ0) is 17.1. The highest BCUT2D eigenvalue weighted by Gasteiger charge is 2.44. The minimum absolute atomic E-state index is 0.000435. The Labute approximate surface area is 148 Å². The second-order valence-corrected chi connectivity index (χ2v) is 6.93. The van der Waals surface area contributed by atoms with Crippen LogP contribution in [0.25, 0.3) is 0 Å². The molecular formula is C20H22ClNO2. The Morgan fingerprint density at radius 2 is 2.04 bits per heavy atom. The first-order valence-electron chi connectivity index (χ1n) is 8.30. The van der Waals surface area contributed by atoms with Gasteiger partial charge in [-0.15, -0.1) is 0 Å². The van der Waals surface area contributed by atoms with Crippen LogP contribution in [-0.2, 0) is 16.1 Å². The Hall–Kier alpha value is -1.84. The number of amides is 1. The molecule has 0 heterocycles. The van der Waals surface area contributed by atoms with Gasteiger partial charge in [-0.2, -0.15) is 0 Å². The first-order chi connectivity index (χ1) is 11.5. The molecule has 3 rings (SSSR count). The number of halogens is 1. The van der Waals surface area contributed by atoms with Crippen LogP contribution in [0.4, 0.5) is 5.69 Å². The summed E-state index contributed by atoms with van der Waals surface area (Å²) in [5.74, 6) is 0.286. The van der Waals surface area contributed by atoms with Crippen molar-refractivity contribution in [3.05, 3.63) is 64.7 Å². The number of carbonyl (C=O) groups is 1. The highest BCUT2D eigenvalue weighted by atomic mass is 35.5. The molecule has 1 fully saturated rings. The minimum Gasteiger partial charge on any atom is -0.374 e. The zero-order valence-electron chi connectivity index (χ0n) is 14.0. The minimum atomic E-state index is 0.000435. The van der Waals surface area contributed by atoms with Crippen molar-refractivity contribution in [2.45, 2.75) is 38.9 Å². The maximum absolute atomic E-state index is 12.5. The van der Waals surface area contributed by atoms with Gasteiger partial charge >= 0.3 is 0 Å². The van der Waals surface area contributed by atoms with Crippen molar-refractivity contribution in [1.82, 2.24) is 0 Å². The number of anilines is 1. The lowest BCUT2D eigenvalue weighted by Gasteiger charge is -2.10. The molecule has 0 aliphatic heterocycles. The summed E-state index contributed by atoms with van der Waals surface area (Å²) in [4.78, 5) is 12.5. The molecule has 126 valence electrons. The molecule has 24 heavy (non-hydrogen) atoms. The summed E-state index contributed by atoms with van der Waals surface area (Å²) < 4.78 is 5.61. The molecule has 2 aromatic carbocycles. The standard InChI is InChI=1S/C20H22ClNO2/c1-13(2)24-12-14-6-5-7-15(10-14)22-20(23)18-11-17(18)16-8-3-4-9-19(16)21/h3-10,13,17-18H,11-12H2,1-2H3,(H,22,23). The molecule has 0 radical (unpaired) electrons. The molecule has 0 spiro atoms. The van der Waals surface area contributed by atoms with Gasteiger partial charge < -0.3 is 10.1 Å². The molecule has 0 bridgehead atoms. The normalized spacial score (nSPS) is 19.3. The van der Waals surface area contributed by atoms with E-state index in [9.17, 15) is 4.79 Å². The van der Waals surface area contributed by atoms with Gasteiger partial charge in [0.2, 0.25) is 5.91 Å². The quantitative estimate of drug-likeness (QED) is 0.800. The summed E-state index contributed by atoms with van der Waals surface area (Å²) in [5, 5.41) is 3.75. The molecule has 0 saturated heterocycles. The van der Waals surface area contributed by atoms with Crippen LogP contribution in [0.5, 0.6) is 0 Å². The Balaban J connectivity index is 1.60. The predicted octanol–water partition coefficient (Wildman–Crippen LogP) is 5.01. The largest absolute Gasteiger partial charge is 0.374 e. The lowest BCUT2D eigenvalue weighted by atomic mass is 10.1. The summed E-state index contributed by atoms with van der Waals surface area (Å²) in [7, 11) is 0. The highest BCUT2D eigenvalue weighted by Crippen LogP contribution is 2.49. The number of hydrogen-bond donors (Lipinski definition) is 1. The lowest BCUT2D eigenvalue weighted by molar-refractivity contribution is -0.117. The predicted molar refractivity (Wildman–Crippen MR) is 97.3 cm³/mol. The molecule has 1 aliphatic carbocycles. The topological polar surface area (TPSA) is 38.3 Å². The third-order valence-corrected chi connectivity index (χ3v) is 4.55. The number of ether oxygens (including phenoxy) is 1. The number of carbonyl (C=O) groups excluding carboxylic acids is 1. The average Bonchev–Trinajstić information content (AvgIpc) is 3.34. The van der Waals surface area contributed by atoms with E-state index >= 15 is 0 Å². The van der Waals surface area contributed by atoms with Gasteiger partial charge in [0, 0.05) is 16.6 Å². The van der Waals surface area contributed by atoms with Crippen LogP contribution in [0.3, 0.4) is 0 Å². The van der Waals surface area contributed by atoms with Crippen molar-refractivity contribution in [2.24, 2.45) is 5.92 Å². The van der Waals surface area contributed by atoms with Gasteiger partial charge in [-0.3, -0.25) is 4.79 Å². The number of rotatable bonds is 6. The third-order valence-electron chi connectivity index (χ3n) is 4.21. The van der Waals surface area contributed by atoms with Crippen LogP contribution in [0.15, 0.2) is 48.5 Å². The Morgan fingerprint density at radius 1 is 1.25 bits per heavy atom. The van der Waals surface area contributed by atoms with E-state index in [4.69, 9.17) is 16.3 Å². The number of benzene rings is 2. The van der Waals surface area contributed by atoms with Crippen LogP contribution in [0, 0.1) is 5.92 Å². The van der Waals surface area contributed by atoms with Crippen molar-refractivity contribution < 1.29 is 9.53 Å². The van der Waals surface area contributed by atoms with Crippen LogP contribution in [0.2, 0.25) is 5.02 Å². The fraction of sp³-hybridized carbons (Fsp3) is 0.350. The molecule has 1 N–H and O–H groups in total. The van der Waals surface area contributed by atoms with E-state index in [0.29, 0.717) is 6.61 Å². The van der Waals surface area contributed by atoms with Crippen molar-refractivity contribution >= 4 is 23.2 Å². The van der Waals surface area contributed by atoms with Crippen LogP contribution in [-0.4, -0.2) is 12.0 Å². The summed E-state index contributed by atoms with van der Waals surface area (Å²) in [5.41, 5.74) is 2.94. The SMILES string of the molecule is CC(C)OCc1cccc(NC(=O)C2CC2c2ccccc2Cl)c1. The smallest absolute Gasteiger partial charge is 0.228 e. The number of nitrogens with one attached hydrogen (secondary N) is 1. The summed E-state index contributed by atoms with van der Waals surface area (Å²) in [6.07, 6.45) is 1.04. The fourth-order valence-electron chi connectivity index (χ4n) is 2.84. The molecular weight excluding hydrogens is 322 g/mol. The monoisotopic (exact) mass is 343 g/mol. The third kappa shape index (κ3) is 4.16. The van der Waals surface area contributed by atoms with Gasteiger partial charge in [-0.25, -0.2) is 0 Å². The zero-order valence-corrected chi connectivity index (χ0v) is 14.7. The second-order valence-electron chi connectivity index (χ2n) is 6.52. The Bertz CT molecular complexity index is 729. The van der Waals surface area contributed by atoms with Crippen molar-refractivity contribution in [2.75, 3.05) is 5.32 Å². The first-order valence-corrected chi connectivity index (χ1v) is 8.68. The van der Waals surface area contributed by atoms with Gasteiger partial charge in [0.15, 0.2) is 0 Å². The summed E-state index contributed by atoms with van der Waals surface area (Å²) in [6.45, 7) is 4.56. The maximum Gasteiger partial charge on any atom is 0.228 e. The fourth-order valence-corrected chi connectivity index (χ4v) is 3.12. The van der Waals surface area contributed by atoms with Crippen LogP contribution >= 0.6 is 11.6 Å². The van der Waals surface area contributed by atoms with E-state index in [0.717, 1.165) is 28.3 Å². The lowest BCUT2D eigenvalue weighted by Crippen LogP contribution is -2.14. The molecule has 0 aromatic heterocycles. The first kappa shape index (κ1) is 17.0. The van der Waals surface area contributed by atoms with Crippen molar-refractivity contribution in [1.29, 1.82) is 0 Å². The second kappa shape index (κ2) is 7.37. The summed E-state index contributed by atoms with van der Waals surface area (Å²) >= 11 is 6.22. The van der Waals surface area contributed by atoms with Gasteiger partial charge in [0.1, 0.15) is 0 Å². The van der Waals surface area contributed by atoms with E-state index in [2.05, 4.69) is 5.32 Å². The van der Waals surface area contributed by atoms with Crippen LogP contribution in [0.1, 0.15) is 37.3 Å². The number of hydrogen-bond acceptors (Lipinski definition) is 2. The van der Waals surface area contributed by atoms with Crippen molar-refractivity contribution in [3.63, 3.8) is 0 Å². The molecule has 1 amide bonds. The van der Waals surface area contributed by atoms with E-state index < -0.39 is 0 Å². The van der Waals surface area contributed by atoms with Gasteiger partial charge in [-0.1, -0.05) is 41.9 Å². The molecule has 2 unspecified atom stereocenters. The van der Waals surface area contributed by atoms with Gasteiger partial charge in [0.05, 0.1) is 12.7 Å². The highest BCUT2D eigenvalue weighted by molar-refractivity contribution is 6.31. The van der Waals surface area contributed by atoms with Crippen LogP contribution < -0.4 is 5.32 Å².